The summed E-state index contributed by atoms with van der Waals surface area (Å²) in [6.07, 6.45) is 6.38. The minimum atomic E-state index is 0.565. The molecule has 1 unspecified atom stereocenters. The third kappa shape index (κ3) is 2.46. The van der Waals surface area contributed by atoms with Gasteiger partial charge in [0.05, 0.1) is 17.4 Å². The van der Waals surface area contributed by atoms with Crippen molar-refractivity contribution in [1.29, 1.82) is 0 Å². The van der Waals surface area contributed by atoms with Gasteiger partial charge in [0.15, 0.2) is 0 Å². The highest BCUT2D eigenvalue weighted by molar-refractivity contribution is 5.94. The van der Waals surface area contributed by atoms with E-state index in [0.29, 0.717) is 5.92 Å². The monoisotopic (exact) mass is 320 g/mol. The zero-order valence-electron chi connectivity index (χ0n) is 14.7. The molecule has 0 N–H and O–H groups in total. The number of nitrogens with zero attached hydrogens (tertiary/aromatic N) is 4. The molecule has 24 heavy (non-hydrogen) atoms. The van der Waals surface area contributed by atoms with E-state index < -0.39 is 0 Å². The lowest BCUT2D eigenvalue weighted by Crippen LogP contribution is -2.21. The lowest BCUT2D eigenvalue weighted by Gasteiger charge is -2.25. The average molecular weight is 320 g/mol. The molecule has 3 heterocycles. The van der Waals surface area contributed by atoms with Crippen molar-refractivity contribution in [3.8, 4) is 0 Å². The normalized spacial score (nSPS) is 17.8. The molecule has 4 heteroatoms. The van der Waals surface area contributed by atoms with Crippen LogP contribution in [0.15, 0.2) is 36.7 Å². The topological polar surface area (TPSA) is 34.0 Å². The van der Waals surface area contributed by atoms with Gasteiger partial charge >= 0.3 is 0 Å². The predicted octanol–water partition coefficient (Wildman–Crippen LogP) is 3.83. The second-order valence-electron chi connectivity index (χ2n) is 6.77. The summed E-state index contributed by atoms with van der Waals surface area (Å²) in [7, 11) is 1.99. The number of fused-ring (bicyclic) bond motifs is 1. The summed E-state index contributed by atoms with van der Waals surface area (Å²) in [4.78, 5) is 7.38. The molecule has 1 fully saturated rings. The SMILES string of the molecule is CCc1c(C)nc2ccccc2c1N1CCC(c2cnn(C)c2)C1. The van der Waals surface area contributed by atoms with Gasteiger partial charge < -0.3 is 4.90 Å². The van der Waals surface area contributed by atoms with Crippen molar-refractivity contribution in [2.45, 2.75) is 32.6 Å². The summed E-state index contributed by atoms with van der Waals surface area (Å²) in [6, 6.07) is 8.54. The van der Waals surface area contributed by atoms with E-state index in [1.165, 1.54) is 28.6 Å². The second-order valence-corrected chi connectivity index (χ2v) is 6.77. The molecule has 124 valence electrons. The Labute approximate surface area is 143 Å². The van der Waals surface area contributed by atoms with Gasteiger partial charge in [0.1, 0.15) is 0 Å². The average Bonchev–Trinajstić information content (AvgIpc) is 3.22. The standard InChI is InChI=1S/C20H24N4/c1-4-17-14(2)22-19-8-6-5-7-18(19)20(17)24-10-9-15(13-24)16-11-21-23(3)12-16/h5-8,11-12,15H,4,9-10,13H2,1-3H3. The largest absolute Gasteiger partial charge is 0.370 e. The first kappa shape index (κ1) is 15.2. The van der Waals surface area contributed by atoms with Gasteiger partial charge in [0, 0.05) is 43.3 Å². The van der Waals surface area contributed by atoms with Crippen molar-refractivity contribution >= 4 is 16.6 Å². The van der Waals surface area contributed by atoms with E-state index >= 15 is 0 Å². The minimum absolute atomic E-state index is 0.565. The Hall–Kier alpha value is -2.36. The molecule has 1 aliphatic rings. The van der Waals surface area contributed by atoms with Crippen LogP contribution in [-0.2, 0) is 13.5 Å². The van der Waals surface area contributed by atoms with Crippen LogP contribution in [0.1, 0.15) is 36.1 Å². The van der Waals surface area contributed by atoms with Crippen molar-refractivity contribution in [2.24, 2.45) is 7.05 Å². The molecule has 1 saturated heterocycles. The van der Waals surface area contributed by atoms with Crippen LogP contribution in [0.4, 0.5) is 5.69 Å². The van der Waals surface area contributed by atoms with Crippen LogP contribution < -0.4 is 4.90 Å². The third-order valence-electron chi connectivity index (χ3n) is 5.22. The lowest BCUT2D eigenvalue weighted by atomic mass is 10.0. The Morgan fingerprint density at radius 3 is 2.83 bits per heavy atom. The molecular formula is C20H24N4. The molecule has 0 saturated carbocycles. The Bertz CT molecular complexity index is 880. The first-order valence-corrected chi connectivity index (χ1v) is 8.79. The van der Waals surface area contributed by atoms with Crippen LogP contribution in [0.5, 0.6) is 0 Å². The first-order chi connectivity index (χ1) is 11.7. The Balaban J connectivity index is 1.76. The van der Waals surface area contributed by atoms with E-state index in [0.717, 1.165) is 30.7 Å². The van der Waals surface area contributed by atoms with E-state index in [4.69, 9.17) is 4.98 Å². The molecular weight excluding hydrogens is 296 g/mol. The van der Waals surface area contributed by atoms with Crippen molar-refractivity contribution < 1.29 is 0 Å². The van der Waals surface area contributed by atoms with Crippen molar-refractivity contribution in [3.63, 3.8) is 0 Å². The second kappa shape index (κ2) is 5.93. The highest BCUT2D eigenvalue weighted by atomic mass is 15.2. The highest BCUT2D eigenvalue weighted by Gasteiger charge is 2.28. The van der Waals surface area contributed by atoms with Gasteiger partial charge in [-0.15, -0.1) is 0 Å². The van der Waals surface area contributed by atoms with Crippen LogP contribution in [0.2, 0.25) is 0 Å². The van der Waals surface area contributed by atoms with Crippen LogP contribution >= 0.6 is 0 Å². The summed E-state index contributed by atoms with van der Waals surface area (Å²) >= 11 is 0. The van der Waals surface area contributed by atoms with Crippen LogP contribution in [0.3, 0.4) is 0 Å². The van der Waals surface area contributed by atoms with Gasteiger partial charge in [0.25, 0.3) is 0 Å². The highest BCUT2D eigenvalue weighted by Crippen LogP contribution is 2.37. The zero-order chi connectivity index (χ0) is 16.7. The number of anilines is 1. The number of aromatic nitrogens is 3. The van der Waals surface area contributed by atoms with Gasteiger partial charge in [-0.25, -0.2) is 0 Å². The fraction of sp³-hybridized carbons (Fsp3) is 0.400. The van der Waals surface area contributed by atoms with Gasteiger partial charge in [-0.2, -0.15) is 5.10 Å². The van der Waals surface area contributed by atoms with Crippen molar-refractivity contribution in [3.05, 3.63) is 53.5 Å². The van der Waals surface area contributed by atoms with Gasteiger partial charge in [0.2, 0.25) is 0 Å². The van der Waals surface area contributed by atoms with Crippen molar-refractivity contribution in [1.82, 2.24) is 14.8 Å². The van der Waals surface area contributed by atoms with E-state index in [9.17, 15) is 0 Å². The lowest BCUT2D eigenvalue weighted by molar-refractivity contribution is 0.754. The molecule has 1 aliphatic heterocycles. The molecule has 0 spiro atoms. The van der Waals surface area contributed by atoms with Crippen LogP contribution in [-0.4, -0.2) is 27.9 Å². The fourth-order valence-electron chi connectivity index (χ4n) is 4.02. The molecule has 1 aromatic carbocycles. The Morgan fingerprint density at radius 1 is 1.25 bits per heavy atom. The van der Waals surface area contributed by atoms with Crippen LogP contribution in [0, 0.1) is 6.92 Å². The van der Waals surface area contributed by atoms with Crippen molar-refractivity contribution in [2.75, 3.05) is 18.0 Å². The van der Waals surface area contributed by atoms with Gasteiger partial charge in [-0.1, -0.05) is 25.1 Å². The molecule has 0 amide bonds. The zero-order valence-corrected chi connectivity index (χ0v) is 14.7. The number of aryl methyl sites for hydroxylation is 2. The number of hydrogen-bond donors (Lipinski definition) is 0. The quantitative estimate of drug-likeness (QED) is 0.735. The van der Waals surface area contributed by atoms with E-state index in [-0.39, 0.29) is 0 Å². The first-order valence-electron chi connectivity index (χ1n) is 8.79. The molecule has 3 aromatic rings. The molecule has 0 radical (unpaired) electrons. The number of rotatable bonds is 3. The molecule has 2 aromatic heterocycles. The molecule has 4 rings (SSSR count). The maximum atomic E-state index is 4.82. The minimum Gasteiger partial charge on any atom is -0.370 e. The maximum absolute atomic E-state index is 4.82. The molecule has 0 aliphatic carbocycles. The molecule has 0 bridgehead atoms. The number of hydrogen-bond acceptors (Lipinski definition) is 3. The van der Waals surface area contributed by atoms with Gasteiger partial charge in [-0.3, -0.25) is 9.67 Å². The summed E-state index contributed by atoms with van der Waals surface area (Å²) in [5.41, 5.74) is 6.41. The van der Waals surface area contributed by atoms with Crippen LogP contribution in [0.25, 0.3) is 10.9 Å². The van der Waals surface area contributed by atoms with Gasteiger partial charge in [-0.05, 0) is 37.0 Å². The summed E-state index contributed by atoms with van der Waals surface area (Å²) in [5, 5.41) is 5.63. The fourth-order valence-corrected chi connectivity index (χ4v) is 4.02. The third-order valence-corrected chi connectivity index (χ3v) is 5.22. The maximum Gasteiger partial charge on any atom is 0.0726 e. The Morgan fingerprint density at radius 2 is 2.08 bits per heavy atom. The molecule has 4 nitrogen and oxygen atoms in total. The number of benzene rings is 1. The number of para-hydroxylation sites is 1. The summed E-state index contributed by atoms with van der Waals surface area (Å²) in [6.45, 7) is 6.53. The van der Waals surface area contributed by atoms with E-state index in [1.807, 2.05) is 17.9 Å². The van der Waals surface area contributed by atoms with E-state index in [1.54, 1.807) is 0 Å². The summed E-state index contributed by atoms with van der Waals surface area (Å²) in [5.74, 6) is 0.565. The molecule has 1 atom stereocenters. The number of pyridine rings is 1. The van der Waals surface area contributed by atoms with E-state index in [2.05, 4.69) is 54.3 Å². The Kier molecular flexibility index (Phi) is 3.75. The smallest absolute Gasteiger partial charge is 0.0726 e. The summed E-state index contributed by atoms with van der Waals surface area (Å²) < 4.78 is 1.90. The predicted molar refractivity (Wildman–Crippen MR) is 98.6 cm³/mol.